The molecule has 132 valence electrons. The first-order chi connectivity index (χ1) is 11.9. The number of anilines is 3. The number of rotatable bonds is 6. The Morgan fingerprint density at radius 1 is 1.28 bits per heavy atom. The fourth-order valence-electron chi connectivity index (χ4n) is 2.35. The van der Waals surface area contributed by atoms with Crippen LogP contribution >= 0.6 is 11.6 Å². The molecule has 0 saturated heterocycles. The van der Waals surface area contributed by atoms with Gasteiger partial charge in [-0.3, -0.25) is 0 Å². The lowest BCUT2D eigenvalue weighted by Gasteiger charge is -2.19. The number of benzene rings is 1. The molecule has 0 fully saturated rings. The molecule has 0 aliphatic carbocycles. The molecule has 2 heterocycles. The van der Waals surface area contributed by atoms with Gasteiger partial charge in [-0.05, 0) is 39.0 Å². The maximum atomic E-state index is 6.07. The van der Waals surface area contributed by atoms with E-state index in [-0.39, 0.29) is 5.54 Å². The maximum Gasteiger partial charge on any atom is 0.226 e. The number of halogens is 1. The van der Waals surface area contributed by atoms with E-state index in [0.29, 0.717) is 28.9 Å². The number of aryl methyl sites for hydroxylation is 1. The summed E-state index contributed by atoms with van der Waals surface area (Å²) in [5.41, 5.74) is 7.98. The smallest absolute Gasteiger partial charge is 0.226 e. The molecule has 4 N–H and O–H groups in total. The van der Waals surface area contributed by atoms with E-state index >= 15 is 0 Å². The van der Waals surface area contributed by atoms with Gasteiger partial charge in [0.15, 0.2) is 17.0 Å². The number of nitrogens with zero attached hydrogens (tertiary/aromatic N) is 4. The number of aromatic nitrogens is 4. The van der Waals surface area contributed by atoms with Gasteiger partial charge in [-0.1, -0.05) is 17.7 Å². The monoisotopic (exact) mass is 359 g/mol. The van der Waals surface area contributed by atoms with Crippen molar-refractivity contribution in [3.63, 3.8) is 0 Å². The molecule has 0 aliphatic heterocycles. The zero-order chi connectivity index (χ0) is 18.0. The fourth-order valence-corrected chi connectivity index (χ4v) is 2.54. The van der Waals surface area contributed by atoms with Crippen LogP contribution in [0.2, 0.25) is 5.02 Å². The third-order valence-electron chi connectivity index (χ3n) is 3.59. The molecule has 0 bridgehead atoms. The van der Waals surface area contributed by atoms with Crippen molar-refractivity contribution in [1.29, 1.82) is 0 Å². The third kappa shape index (κ3) is 4.18. The zero-order valence-electron chi connectivity index (χ0n) is 14.5. The lowest BCUT2D eigenvalue weighted by atomic mass is 10.1. The highest BCUT2D eigenvalue weighted by atomic mass is 35.5. The van der Waals surface area contributed by atoms with Gasteiger partial charge in [-0.25, -0.2) is 4.98 Å². The SMILES string of the molecule is CCn1cnc2c(Nc3cccc(Cl)c3)nc(NCC(C)(C)N)nc21. The fraction of sp³-hybridized carbons (Fsp3) is 0.353. The Bertz CT molecular complexity index is 882. The lowest BCUT2D eigenvalue weighted by Crippen LogP contribution is -2.40. The Morgan fingerprint density at radius 2 is 2.08 bits per heavy atom. The van der Waals surface area contributed by atoms with E-state index in [0.717, 1.165) is 17.9 Å². The molecule has 0 aliphatic rings. The average molecular weight is 360 g/mol. The van der Waals surface area contributed by atoms with Crippen LogP contribution in [0.1, 0.15) is 20.8 Å². The van der Waals surface area contributed by atoms with Crippen molar-refractivity contribution >= 4 is 40.2 Å². The summed E-state index contributed by atoms with van der Waals surface area (Å²) in [5.74, 6) is 1.13. The zero-order valence-corrected chi connectivity index (χ0v) is 15.3. The van der Waals surface area contributed by atoms with E-state index in [1.807, 2.05) is 49.6 Å². The predicted molar refractivity (Wildman–Crippen MR) is 102 cm³/mol. The molecule has 0 spiro atoms. The minimum Gasteiger partial charge on any atom is -0.352 e. The molecule has 0 unspecified atom stereocenters. The van der Waals surface area contributed by atoms with Crippen molar-refractivity contribution in [1.82, 2.24) is 19.5 Å². The highest BCUT2D eigenvalue weighted by Crippen LogP contribution is 2.25. The third-order valence-corrected chi connectivity index (χ3v) is 3.83. The van der Waals surface area contributed by atoms with Crippen molar-refractivity contribution in [2.24, 2.45) is 5.73 Å². The second-order valence-corrected chi connectivity index (χ2v) is 7.01. The van der Waals surface area contributed by atoms with Crippen LogP contribution in [-0.4, -0.2) is 31.6 Å². The number of hydrogen-bond acceptors (Lipinski definition) is 6. The molecule has 7 nitrogen and oxygen atoms in total. The van der Waals surface area contributed by atoms with Crippen LogP contribution in [0.25, 0.3) is 11.2 Å². The van der Waals surface area contributed by atoms with Crippen molar-refractivity contribution in [3.05, 3.63) is 35.6 Å². The average Bonchev–Trinajstić information content (AvgIpc) is 2.95. The number of nitrogens with one attached hydrogen (secondary N) is 2. The Balaban J connectivity index is 2.01. The van der Waals surface area contributed by atoms with E-state index in [9.17, 15) is 0 Å². The Morgan fingerprint density at radius 3 is 2.76 bits per heavy atom. The highest BCUT2D eigenvalue weighted by Gasteiger charge is 2.15. The van der Waals surface area contributed by atoms with Crippen LogP contribution in [0.4, 0.5) is 17.5 Å². The standard InChI is InChI=1S/C17H22ClN7/c1-4-25-10-21-13-14(22-12-7-5-6-11(18)8-12)23-16(24-15(13)25)20-9-17(2,3)19/h5-8,10H,4,9,19H2,1-3H3,(H2,20,22,23,24). The van der Waals surface area contributed by atoms with Crippen LogP contribution in [0.15, 0.2) is 30.6 Å². The number of hydrogen-bond donors (Lipinski definition) is 3. The summed E-state index contributed by atoms with van der Waals surface area (Å²) >= 11 is 6.07. The van der Waals surface area contributed by atoms with Gasteiger partial charge in [0.2, 0.25) is 5.95 Å². The molecule has 0 saturated carbocycles. The maximum absolute atomic E-state index is 6.07. The molecule has 1 aromatic carbocycles. The molecule has 3 aromatic rings. The molecule has 0 amide bonds. The Kier molecular flexibility index (Phi) is 4.78. The van der Waals surface area contributed by atoms with Crippen LogP contribution in [0, 0.1) is 0 Å². The summed E-state index contributed by atoms with van der Waals surface area (Å²) in [4.78, 5) is 13.6. The van der Waals surface area contributed by atoms with E-state index in [4.69, 9.17) is 17.3 Å². The van der Waals surface area contributed by atoms with Crippen LogP contribution in [0.3, 0.4) is 0 Å². The quantitative estimate of drug-likeness (QED) is 0.624. The molecule has 3 rings (SSSR count). The number of nitrogens with two attached hydrogens (primary N) is 1. The molecular formula is C17H22ClN7. The van der Waals surface area contributed by atoms with Gasteiger partial charge >= 0.3 is 0 Å². The van der Waals surface area contributed by atoms with E-state index < -0.39 is 0 Å². The minimum atomic E-state index is -0.371. The van der Waals surface area contributed by atoms with Gasteiger partial charge in [-0.2, -0.15) is 9.97 Å². The van der Waals surface area contributed by atoms with Gasteiger partial charge in [0.25, 0.3) is 0 Å². The van der Waals surface area contributed by atoms with Gasteiger partial charge in [0.1, 0.15) is 0 Å². The summed E-state index contributed by atoms with van der Waals surface area (Å²) in [5, 5.41) is 7.13. The topological polar surface area (TPSA) is 93.7 Å². The Hall–Kier alpha value is -2.38. The van der Waals surface area contributed by atoms with Gasteiger partial charge < -0.3 is 20.9 Å². The predicted octanol–water partition coefficient (Wildman–Crippen LogP) is 3.39. The second-order valence-electron chi connectivity index (χ2n) is 6.58. The first-order valence-corrected chi connectivity index (χ1v) is 8.52. The summed E-state index contributed by atoms with van der Waals surface area (Å²) in [7, 11) is 0. The summed E-state index contributed by atoms with van der Waals surface area (Å²) < 4.78 is 1.97. The van der Waals surface area contributed by atoms with Crippen molar-refractivity contribution in [2.75, 3.05) is 17.2 Å². The largest absolute Gasteiger partial charge is 0.352 e. The van der Waals surface area contributed by atoms with E-state index in [2.05, 4.69) is 25.6 Å². The molecule has 8 heteroatoms. The van der Waals surface area contributed by atoms with Crippen molar-refractivity contribution < 1.29 is 0 Å². The van der Waals surface area contributed by atoms with E-state index in [1.54, 1.807) is 6.33 Å². The summed E-state index contributed by atoms with van der Waals surface area (Å²) in [6.45, 7) is 7.25. The molecule has 25 heavy (non-hydrogen) atoms. The van der Waals surface area contributed by atoms with Crippen LogP contribution in [-0.2, 0) is 6.54 Å². The molecular weight excluding hydrogens is 338 g/mol. The summed E-state index contributed by atoms with van der Waals surface area (Å²) in [6, 6.07) is 7.46. The van der Waals surface area contributed by atoms with Crippen LogP contribution < -0.4 is 16.4 Å². The number of imidazole rings is 1. The number of fused-ring (bicyclic) bond motifs is 1. The second kappa shape index (κ2) is 6.85. The van der Waals surface area contributed by atoms with Crippen molar-refractivity contribution in [3.8, 4) is 0 Å². The first kappa shape index (κ1) is 17.4. The molecule has 0 atom stereocenters. The first-order valence-electron chi connectivity index (χ1n) is 8.14. The molecule has 2 aromatic heterocycles. The van der Waals surface area contributed by atoms with Crippen molar-refractivity contribution in [2.45, 2.75) is 32.9 Å². The summed E-state index contributed by atoms with van der Waals surface area (Å²) in [6.07, 6.45) is 1.76. The van der Waals surface area contributed by atoms with Crippen LogP contribution in [0.5, 0.6) is 0 Å². The Labute approximate surface area is 151 Å². The lowest BCUT2D eigenvalue weighted by molar-refractivity contribution is 0.547. The molecule has 0 radical (unpaired) electrons. The minimum absolute atomic E-state index is 0.371. The van der Waals surface area contributed by atoms with Gasteiger partial charge in [0.05, 0.1) is 6.33 Å². The highest BCUT2D eigenvalue weighted by molar-refractivity contribution is 6.30. The van der Waals surface area contributed by atoms with E-state index in [1.165, 1.54) is 0 Å². The van der Waals surface area contributed by atoms with Gasteiger partial charge in [-0.15, -0.1) is 0 Å². The normalized spacial score (nSPS) is 11.7. The van der Waals surface area contributed by atoms with Gasteiger partial charge in [0, 0.05) is 29.3 Å².